The fourth-order valence-corrected chi connectivity index (χ4v) is 3.09. The maximum absolute atomic E-state index is 12.5. The van der Waals surface area contributed by atoms with Gasteiger partial charge in [0, 0.05) is 31.1 Å². The van der Waals surface area contributed by atoms with Gasteiger partial charge in [0.05, 0.1) is 0 Å². The molecule has 1 aliphatic carbocycles. The molecule has 2 aliphatic rings. The van der Waals surface area contributed by atoms with Crippen molar-refractivity contribution in [2.45, 2.75) is 51.1 Å². The maximum atomic E-state index is 12.5. The number of hydrogen-bond acceptors (Lipinski definition) is 3. The van der Waals surface area contributed by atoms with Crippen LogP contribution in [0.1, 0.15) is 39.0 Å². The third-order valence-corrected chi connectivity index (χ3v) is 4.05. The van der Waals surface area contributed by atoms with E-state index in [0.29, 0.717) is 11.9 Å². The number of hydrogen-bond donors (Lipinski definition) is 2. The minimum Gasteiger partial charge on any atom is -0.338 e. The lowest BCUT2D eigenvalue weighted by Gasteiger charge is -2.30. The first-order chi connectivity index (χ1) is 8.22. The second-order valence-corrected chi connectivity index (χ2v) is 5.45. The van der Waals surface area contributed by atoms with Crippen molar-refractivity contribution in [1.82, 2.24) is 10.2 Å². The number of nitrogens with two attached hydrogens (primary N) is 1. The van der Waals surface area contributed by atoms with E-state index >= 15 is 0 Å². The molecule has 4 heteroatoms. The molecule has 4 nitrogen and oxygen atoms in total. The molecule has 1 aliphatic heterocycles. The molecule has 1 amide bonds. The van der Waals surface area contributed by atoms with Gasteiger partial charge in [-0.2, -0.15) is 0 Å². The Balaban J connectivity index is 1.96. The van der Waals surface area contributed by atoms with E-state index in [0.717, 1.165) is 51.7 Å². The molecule has 0 aromatic rings. The minimum absolute atomic E-state index is 0.192. The quantitative estimate of drug-likeness (QED) is 0.760. The van der Waals surface area contributed by atoms with E-state index in [9.17, 15) is 4.79 Å². The smallest absolute Gasteiger partial charge is 0.226 e. The number of carbonyl (C=O) groups is 1. The Morgan fingerprint density at radius 2 is 2.24 bits per heavy atom. The first-order valence-corrected chi connectivity index (χ1v) is 6.99. The second-order valence-electron chi connectivity index (χ2n) is 5.45. The van der Waals surface area contributed by atoms with Gasteiger partial charge in [-0.1, -0.05) is 6.92 Å². The molecule has 98 valence electrons. The van der Waals surface area contributed by atoms with Crippen molar-refractivity contribution in [2.24, 2.45) is 11.7 Å². The summed E-state index contributed by atoms with van der Waals surface area (Å²) in [5.74, 6) is 0.547. The maximum Gasteiger partial charge on any atom is 0.226 e. The summed E-state index contributed by atoms with van der Waals surface area (Å²) in [7, 11) is 0. The van der Waals surface area contributed by atoms with Crippen molar-refractivity contribution < 1.29 is 4.79 Å². The van der Waals surface area contributed by atoms with Crippen LogP contribution in [0.3, 0.4) is 0 Å². The van der Waals surface area contributed by atoms with Crippen LogP contribution in [-0.2, 0) is 4.79 Å². The van der Waals surface area contributed by atoms with Gasteiger partial charge in [-0.05, 0) is 38.6 Å². The summed E-state index contributed by atoms with van der Waals surface area (Å²) < 4.78 is 0. The Hall–Kier alpha value is -0.610. The second kappa shape index (κ2) is 5.83. The van der Waals surface area contributed by atoms with Gasteiger partial charge >= 0.3 is 0 Å². The lowest BCUT2D eigenvalue weighted by atomic mass is 10.0. The molecule has 0 aromatic carbocycles. The molecule has 1 saturated carbocycles. The first kappa shape index (κ1) is 12.8. The van der Waals surface area contributed by atoms with Crippen LogP contribution in [0.25, 0.3) is 0 Å². The van der Waals surface area contributed by atoms with Crippen LogP contribution in [0.5, 0.6) is 0 Å². The molecule has 0 aromatic heterocycles. The molecule has 3 N–H and O–H groups in total. The molecular weight excluding hydrogens is 214 g/mol. The van der Waals surface area contributed by atoms with Crippen LogP contribution in [-0.4, -0.2) is 42.5 Å². The van der Waals surface area contributed by atoms with Gasteiger partial charge in [0.15, 0.2) is 0 Å². The van der Waals surface area contributed by atoms with Crippen molar-refractivity contribution in [1.29, 1.82) is 0 Å². The highest BCUT2D eigenvalue weighted by Gasteiger charge is 2.34. The van der Waals surface area contributed by atoms with Crippen LogP contribution in [0, 0.1) is 5.92 Å². The molecule has 0 spiro atoms. The summed E-state index contributed by atoms with van der Waals surface area (Å²) >= 11 is 0. The first-order valence-electron chi connectivity index (χ1n) is 6.99. The topological polar surface area (TPSA) is 58.4 Å². The average Bonchev–Trinajstić information content (AvgIpc) is 2.95. The van der Waals surface area contributed by atoms with Gasteiger partial charge in [0.25, 0.3) is 0 Å². The van der Waals surface area contributed by atoms with Crippen molar-refractivity contribution in [3.05, 3.63) is 0 Å². The number of rotatable bonds is 4. The van der Waals surface area contributed by atoms with Crippen molar-refractivity contribution >= 4 is 5.91 Å². The number of carbonyl (C=O) groups excluding carboxylic acids is 1. The van der Waals surface area contributed by atoms with E-state index in [-0.39, 0.29) is 12.0 Å². The summed E-state index contributed by atoms with van der Waals surface area (Å²) in [5.41, 5.74) is 5.91. The van der Waals surface area contributed by atoms with E-state index < -0.39 is 0 Å². The summed E-state index contributed by atoms with van der Waals surface area (Å²) in [6.45, 7) is 5.05. The van der Waals surface area contributed by atoms with Gasteiger partial charge in [-0.25, -0.2) is 0 Å². The predicted octanol–water partition coefficient (Wildman–Crippen LogP) is 0.714. The van der Waals surface area contributed by atoms with Crippen LogP contribution in [0.2, 0.25) is 0 Å². The minimum atomic E-state index is 0.192. The van der Waals surface area contributed by atoms with Crippen LogP contribution >= 0.6 is 0 Å². The average molecular weight is 239 g/mol. The van der Waals surface area contributed by atoms with Crippen molar-refractivity contribution in [3.63, 3.8) is 0 Å². The third kappa shape index (κ3) is 2.99. The summed E-state index contributed by atoms with van der Waals surface area (Å²) in [6, 6.07) is 0.661. The van der Waals surface area contributed by atoms with E-state index in [2.05, 4.69) is 17.1 Å². The van der Waals surface area contributed by atoms with Crippen LogP contribution in [0.4, 0.5) is 0 Å². The Morgan fingerprint density at radius 1 is 1.41 bits per heavy atom. The van der Waals surface area contributed by atoms with Gasteiger partial charge < -0.3 is 16.0 Å². The monoisotopic (exact) mass is 239 g/mol. The van der Waals surface area contributed by atoms with E-state index in [1.54, 1.807) is 0 Å². The van der Waals surface area contributed by atoms with Crippen molar-refractivity contribution in [2.75, 3.05) is 19.6 Å². The van der Waals surface area contributed by atoms with Gasteiger partial charge in [-0.15, -0.1) is 0 Å². The number of nitrogens with zero attached hydrogens (tertiary/aromatic N) is 1. The molecule has 1 saturated heterocycles. The summed E-state index contributed by atoms with van der Waals surface area (Å²) in [4.78, 5) is 14.6. The van der Waals surface area contributed by atoms with Crippen molar-refractivity contribution in [3.8, 4) is 0 Å². The zero-order valence-electron chi connectivity index (χ0n) is 10.8. The fraction of sp³-hybridized carbons (Fsp3) is 0.923. The van der Waals surface area contributed by atoms with E-state index in [4.69, 9.17) is 5.73 Å². The molecule has 2 rings (SSSR count). The number of amides is 1. The molecular formula is C13H25N3O. The Bertz CT molecular complexity index is 263. The predicted molar refractivity (Wildman–Crippen MR) is 68.6 cm³/mol. The van der Waals surface area contributed by atoms with Crippen LogP contribution < -0.4 is 11.1 Å². The van der Waals surface area contributed by atoms with E-state index in [1.165, 1.54) is 0 Å². The highest BCUT2D eigenvalue weighted by atomic mass is 16.2. The zero-order chi connectivity index (χ0) is 12.3. The van der Waals surface area contributed by atoms with Gasteiger partial charge in [0.2, 0.25) is 5.91 Å². The standard InChI is InChI=1S/C13H25N3O/c1-2-7-16(12-5-6-15-9-12)13(17)10-3-4-11(14)8-10/h10-12,15H,2-9,14H2,1H3. The molecule has 3 unspecified atom stereocenters. The van der Waals surface area contributed by atoms with E-state index in [1.807, 2.05) is 0 Å². The van der Waals surface area contributed by atoms with Gasteiger partial charge in [-0.3, -0.25) is 4.79 Å². The SMILES string of the molecule is CCCN(C(=O)C1CCC(N)C1)C1CCNC1. The molecule has 0 bridgehead atoms. The highest BCUT2D eigenvalue weighted by Crippen LogP contribution is 2.27. The summed E-state index contributed by atoms with van der Waals surface area (Å²) in [6.07, 6.45) is 5.03. The molecule has 3 atom stereocenters. The molecule has 17 heavy (non-hydrogen) atoms. The molecule has 2 fully saturated rings. The zero-order valence-corrected chi connectivity index (χ0v) is 10.8. The number of nitrogens with one attached hydrogen (secondary N) is 1. The molecule has 1 heterocycles. The lowest BCUT2D eigenvalue weighted by molar-refractivity contribution is -0.137. The Morgan fingerprint density at radius 3 is 2.76 bits per heavy atom. The third-order valence-electron chi connectivity index (χ3n) is 4.05. The largest absolute Gasteiger partial charge is 0.338 e. The normalized spacial score (nSPS) is 32.9. The Kier molecular flexibility index (Phi) is 4.40. The lowest BCUT2D eigenvalue weighted by Crippen LogP contribution is -2.44. The Labute approximate surface area is 104 Å². The summed E-state index contributed by atoms with van der Waals surface area (Å²) in [5, 5.41) is 3.35. The molecule has 0 radical (unpaired) electrons. The van der Waals surface area contributed by atoms with Crippen LogP contribution in [0.15, 0.2) is 0 Å². The van der Waals surface area contributed by atoms with Gasteiger partial charge in [0.1, 0.15) is 0 Å². The highest BCUT2D eigenvalue weighted by molar-refractivity contribution is 5.79. The fourth-order valence-electron chi connectivity index (χ4n) is 3.09.